The second-order valence-electron chi connectivity index (χ2n) is 1.33. The predicted molar refractivity (Wildman–Crippen MR) is 33.4 cm³/mol. The summed E-state index contributed by atoms with van der Waals surface area (Å²) in [5.41, 5.74) is 0. The van der Waals surface area contributed by atoms with Gasteiger partial charge in [0.15, 0.2) is 0 Å². The maximum atomic E-state index is 8.25. The zero-order valence-corrected chi connectivity index (χ0v) is 5.07. The van der Waals surface area contributed by atoms with Gasteiger partial charge in [0.2, 0.25) is 0 Å². The topological polar surface area (TPSA) is 32.3 Å². The standard InChI is InChI=1S/C6H11NO/c1-2-3-4-7-5-6-8/h7-8H,4-6H2,1H3. The van der Waals surface area contributed by atoms with Crippen LogP contribution in [0.3, 0.4) is 0 Å². The van der Waals surface area contributed by atoms with E-state index in [9.17, 15) is 0 Å². The Kier molecular flexibility index (Phi) is 6.06. The van der Waals surface area contributed by atoms with E-state index in [-0.39, 0.29) is 6.61 Å². The highest BCUT2D eigenvalue weighted by molar-refractivity contribution is 4.96. The van der Waals surface area contributed by atoms with Gasteiger partial charge >= 0.3 is 0 Å². The lowest BCUT2D eigenvalue weighted by atomic mass is 10.5. The molecule has 0 aliphatic rings. The fourth-order valence-corrected chi connectivity index (χ4v) is 0.318. The number of aliphatic hydroxyl groups excluding tert-OH is 1. The second kappa shape index (κ2) is 6.48. The first-order chi connectivity index (χ1) is 3.91. The van der Waals surface area contributed by atoms with Crippen LogP contribution in [-0.4, -0.2) is 24.8 Å². The predicted octanol–water partition coefficient (Wildman–Crippen LogP) is -0.408. The first-order valence-electron chi connectivity index (χ1n) is 2.63. The highest BCUT2D eigenvalue weighted by atomic mass is 16.3. The van der Waals surface area contributed by atoms with Crippen molar-refractivity contribution in [3.63, 3.8) is 0 Å². The normalized spacial score (nSPS) is 7.75. The van der Waals surface area contributed by atoms with Crippen LogP contribution >= 0.6 is 0 Å². The summed E-state index contributed by atoms with van der Waals surface area (Å²) in [6.45, 7) is 3.29. The van der Waals surface area contributed by atoms with Crippen LogP contribution in [0.2, 0.25) is 0 Å². The fraction of sp³-hybridized carbons (Fsp3) is 0.667. The van der Waals surface area contributed by atoms with Crippen LogP contribution in [0.4, 0.5) is 0 Å². The smallest absolute Gasteiger partial charge is 0.0577 e. The summed E-state index contributed by atoms with van der Waals surface area (Å²) in [4.78, 5) is 0. The summed E-state index contributed by atoms with van der Waals surface area (Å²) < 4.78 is 0. The Hall–Kier alpha value is -0.520. The highest BCUT2D eigenvalue weighted by Crippen LogP contribution is 1.55. The molecule has 2 heteroatoms. The first kappa shape index (κ1) is 7.48. The first-order valence-corrected chi connectivity index (χ1v) is 2.63. The maximum absolute atomic E-state index is 8.25. The molecule has 0 unspecified atom stereocenters. The minimum atomic E-state index is 0.186. The van der Waals surface area contributed by atoms with E-state index >= 15 is 0 Å². The van der Waals surface area contributed by atoms with Crippen molar-refractivity contribution < 1.29 is 5.11 Å². The molecule has 0 atom stereocenters. The third-order valence-corrected chi connectivity index (χ3v) is 0.679. The van der Waals surface area contributed by atoms with Crippen LogP contribution < -0.4 is 5.32 Å². The van der Waals surface area contributed by atoms with Crippen LogP contribution in [0.5, 0.6) is 0 Å². The number of hydrogen-bond acceptors (Lipinski definition) is 2. The fourth-order valence-electron chi connectivity index (χ4n) is 0.318. The van der Waals surface area contributed by atoms with Gasteiger partial charge in [-0.1, -0.05) is 5.92 Å². The van der Waals surface area contributed by atoms with Gasteiger partial charge in [0, 0.05) is 6.54 Å². The van der Waals surface area contributed by atoms with Gasteiger partial charge in [0.05, 0.1) is 13.2 Å². The number of rotatable bonds is 3. The average molecular weight is 113 g/mol. The highest BCUT2D eigenvalue weighted by Gasteiger charge is 1.75. The van der Waals surface area contributed by atoms with Gasteiger partial charge in [-0.25, -0.2) is 0 Å². The molecule has 0 aromatic carbocycles. The SMILES string of the molecule is CC#CCNCCO. The van der Waals surface area contributed by atoms with Crippen molar-refractivity contribution in [3.05, 3.63) is 0 Å². The summed E-state index contributed by atoms with van der Waals surface area (Å²) in [6.07, 6.45) is 0. The van der Waals surface area contributed by atoms with Crippen LogP contribution in [-0.2, 0) is 0 Å². The molecule has 0 aromatic rings. The summed E-state index contributed by atoms with van der Waals surface area (Å²) >= 11 is 0. The average Bonchev–Trinajstić information content (AvgIpc) is 1.81. The van der Waals surface area contributed by atoms with Crippen molar-refractivity contribution in [2.24, 2.45) is 0 Å². The van der Waals surface area contributed by atoms with Crippen molar-refractivity contribution in [3.8, 4) is 11.8 Å². The van der Waals surface area contributed by atoms with E-state index in [1.54, 1.807) is 6.92 Å². The van der Waals surface area contributed by atoms with E-state index in [2.05, 4.69) is 17.2 Å². The number of aliphatic hydroxyl groups is 1. The van der Waals surface area contributed by atoms with E-state index in [0.29, 0.717) is 13.1 Å². The Morgan fingerprint density at radius 1 is 1.62 bits per heavy atom. The Labute approximate surface area is 49.9 Å². The molecule has 0 saturated carbocycles. The van der Waals surface area contributed by atoms with Crippen molar-refractivity contribution in [2.45, 2.75) is 6.92 Å². The van der Waals surface area contributed by atoms with Crippen LogP contribution in [0.25, 0.3) is 0 Å². The van der Waals surface area contributed by atoms with Crippen molar-refractivity contribution in [1.82, 2.24) is 5.32 Å². The third kappa shape index (κ3) is 5.48. The molecular formula is C6H11NO. The summed E-state index contributed by atoms with van der Waals surface area (Å²) in [5.74, 6) is 5.54. The van der Waals surface area contributed by atoms with Gasteiger partial charge < -0.3 is 10.4 Å². The van der Waals surface area contributed by atoms with E-state index in [0.717, 1.165) is 0 Å². The maximum Gasteiger partial charge on any atom is 0.0577 e. The molecule has 0 fully saturated rings. The molecule has 0 aliphatic heterocycles. The summed E-state index contributed by atoms with van der Waals surface area (Å²) in [5, 5.41) is 11.2. The van der Waals surface area contributed by atoms with Gasteiger partial charge in [0.1, 0.15) is 0 Å². The van der Waals surface area contributed by atoms with Gasteiger partial charge in [0.25, 0.3) is 0 Å². The Bertz CT molecular complexity index is 90.4. The molecule has 2 nitrogen and oxygen atoms in total. The molecule has 46 valence electrons. The van der Waals surface area contributed by atoms with Gasteiger partial charge in [-0.2, -0.15) is 0 Å². The lowest BCUT2D eigenvalue weighted by molar-refractivity contribution is 0.295. The van der Waals surface area contributed by atoms with Crippen molar-refractivity contribution >= 4 is 0 Å². The van der Waals surface area contributed by atoms with E-state index in [4.69, 9.17) is 5.11 Å². The van der Waals surface area contributed by atoms with E-state index in [1.807, 2.05) is 0 Å². The zero-order valence-electron chi connectivity index (χ0n) is 5.07. The molecule has 0 heterocycles. The third-order valence-electron chi connectivity index (χ3n) is 0.679. The quantitative estimate of drug-likeness (QED) is 0.385. The van der Waals surface area contributed by atoms with Gasteiger partial charge in [-0.05, 0) is 6.92 Å². The molecule has 0 amide bonds. The minimum Gasteiger partial charge on any atom is -0.395 e. The van der Waals surface area contributed by atoms with Gasteiger partial charge in [-0.3, -0.25) is 0 Å². The minimum absolute atomic E-state index is 0.186. The molecule has 0 bridgehead atoms. The van der Waals surface area contributed by atoms with Crippen LogP contribution in [0.15, 0.2) is 0 Å². The monoisotopic (exact) mass is 113 g/mol. The Morgan fingerprint density at radius 3 is 2.88 bits per heavy atom. The summed E-state index contributed by atoms with van der Waals surface area (Å²) in [7, 11) is 0. The molecule has 0 rings (SSSR count). The molecular weight excluding hydrogens is 102 g/mol. The lowest BCUT2D eigenvalue weighted by Crippen LogP contribution is -2.17. The molecule has 0 aromatic heterocycles. The largest absolute Gasteiger partial charge is 0.395 e. The number of hydrogen-bond donors (Lipinski definition) is 2. The Morgan fingerprint density at radius 2 is 2.38 bits per heavy atom. The van der Waals surface area contributed by atoms with Gasteiger partial charge in [-0.15, -0.1) is 5.92 Å². The molecule has 0 aliphatic carbocycles. The molecule has 0 saturated heterocycles. The molecule has 2 N–H and O–H groups in total. The van der Waals surface area contributed by atoms with Crippen molar-refractivity contribution in [1.29, 1.82) is 0 Å². The molecule has 8 heavy (non-hydrogen) atoms. The van der Waals surface area contributed by atoms with Crippen molar-refractivity contribution in [2.75, 3.05) is 19.7 Å². The van der Waals surface area contributed by atoms with E-state index < -0.39 is 0 Å². The molecule has 0 spiro atoms. The van der Waals surface area contributed by atoms with E-state index in [1.165, 1.54) is 0 Å². The Balaban J connectivity index is 2.79. The number of nitrogens with one attached hydrogen (secondary N) is 1. The second-order valence-corrected chi connectivity index (χ2v) is 1.33. The lowest BCUT2D eigenvalue weighted by Gasteiger charge is -1.91. The van der Waals surface area contributed by atoms with Crippen LogP contribution in [0, 0.1) is 11.8 Å². The summed E-state index contributed by atoms with van der Waals surface area (Å²) in [6, 6.07) is 0. The zero-order chi connectivity index (χ0) is 6.24. The van der Waals surface area contributed by atoms with Crippen LogP contribution in [0.1, 0.15) is 6.92 Å². The molecule has 0 radical (unpaired) electrons.